The number of hydrogen-bond donors (Lipinski definition) is 1. The first kappa shape index (κ1) is 18.0. The molecule has 1 amide bonds. The predicted molar refractivity (Wildman–Crippen MR) is 103 cm³/mol. The van der Waals surface area contributed by atoms with Crippen LogP contribution in [0, 0.1) is 5.92 Å². The van der Waals surface area contributed by atoms with Gasteiger partial charge in [0.2, 0.25) is 5.91 Å². The molecule has 0 bridgehead atoms. The van der Waals surface area contributed by atoms with Gasteiger partial charge in [-0.05, 0) is 63.1 Å². The highest BCUT2D eigenvalue weighted by atomic mass is 16.3. The Labute approximate surface area is 157 Å². The van der Waals surface area contributed by atoms with Gasteiger partial charge in [0.15, 0.2) is 0 Å². The molecule has 4 nitrogen and oxygen atoms in total. The number of carbonyl (C=O) groups excluding carboxylic acids is 1. The molecule has 3 aliphatic rings. The van der Waals surface area contributed by atoms with Crippen molar-refractivity contribution in [3.63, 3.8) is 0 Å². The van der Waals surface area contributed by atoms with Crippen LogP contribution in [0.25, 0.3) is 0 Å². The molecule has 0 spiro atoms. The van der Waals surface area contributed by atoms with Crippen molar-refractivity contribution in [3.8, 4) is 0 Å². The zero-order chi connectivity index (χ0) is 17.9. The molecule has 2 aliphatic carbocycles. The van der Waals surface area contributed by atoms with Crippen LogP contribution >= 0.6 is 0 Å². The quantitative estimate of drug-likeness (QED) is 0.850. The summed E-state index contributed by atoms with van der Waals surface area (Å²) in [5, 5.41) is 10.6. The smallest absolute Gasteiger partial charge is 0.237 e. The van der Waals surface area contributed by atoms with E-state index in [1.54, 1.807) is 0 Å². The first-order valence-electron chi connectivity index (χ1n) is 10.5. The van der Waals surface area contributed by atoms with Crippen LogP contribution in [0.4, 0.5) is 0 Å². The third-order valence-electron chi connectivity index (χ3n) is 6.53. The van der Waals surface area contributed by atoms with Crippen molar-refractivity contribution < 1.29 is 9.90 Å². The number of amides is 1. The lowest BCUT2D eigenvalue weighted by atomic mass is 9.87. The molecular weight excluding hydrogens is 324 g/mol. The van der Waals surface area contributed by atoms with Gasteiger partial charge in [0.25, 0.3) is 0 Å². The average Bonchev–Trinajstić information content (AvgIpc) is 3.36. The van der Waals surface area contributed by atoms with Gasteiger partial charge in [0.1, 0.15) is 0 Å². The number of rotatable bonds is 6. The summed E-state index contributed by atoms with van der Waals surface area (Å²) < 4.78 is 0. The molecule has 1 atom stereocenters. The Hall–Kier alpha value is -1.39. The molecule has 0 radical (unpaired) electrons. The molecule has 1 aromatic carbocycles. The van der Waals surface area contributed by atoms with Gasteiger partial charge in [0, 0.05) is 12.1 Å². The molecule has 1 N–H and O–H groups in total. The number of hydrogen-bond acceptors (Lipinski definition) is 3. The Balaban J connectivity index is 1.28. The lowest BCUT2D eigenvalue weighted by molar-refractivity contribution is -0.135. The van der Waals surface area contributed by atoms with E-state index in [-0.39, 0.29) is 6.10 Å². The Morgan fingerprint density at radius 3 is 2.23 bits per heavy atom. The standard InChI is InChI=1S/C22H32N2O2/c25-21(24(20-10-11-20)19-8-4-5-9-19)16-23-14-12-18(13-15-23)22(26)17-6-2-1-3-7-17/h1-3,6-7,18-20,22,26H,4-5,8-16H2. The summed E-state index contributed by atoms with van der Waals surface area (Å²) in [6, 6.07) is 11.0. The molecule has 1 aliphatic heterocycles. The molecule has 3 fully saturated rings. The average molecular weight is 357 g/mol. The molecule has 26 heavy (non-hydrogen) atoms. The monoisotopic (exact) mass is 356 g/mol. The topological polar surface area (TPSA) is 43.8 Å². The number of piperidine rings is 1. The Bertz CT molecular complexity index is 587. The fraction of sp³-hybridized carbons (Fsp3) is 0.682. The van der Waals surface area contributed by atoms with Crippen LogP contribution in [0.3, 0.4) is 0 Å². The number of carbonyl (C=O) groups is 1. The van der Waals surface area contributed by atoms with Crippen LogP contribution in [-0.4, -0.2) is 52.5 Å². The van der Waals surface area contributed by atoms with Crippen molar-refractivity contribution in [1.29, 1.82) is 0 Å². The minimum atomic E-state index is -0.379. The van der Waals surface area contributed by atoms with Crippen molar-refractivity contribution >= 4 is 5.91 Å². The fourth-order valence-electron chi connectivity index (χ4n) is 4.86. The Morgan fingerprint density at radius 1 is 1.00 bits per heavy atom. The molecule has 0 aromatic heterocycles. The molecule has 1 unspecified atom stereocenters. The molecule has 4 rings (SSSR count). The van der Waals surface area contributed by atoms with Crippen molar-refractivity contribution in [2.24, 2.45) is 5.92 Å². The second-order valence-corrected chi connectivity index (χ2v) is 8.44. The van der Waals surface area contributed by atoms with E-state index in [0.29, 0.717) is 30.5 Å². The maximum atomic E-state index is 13.0. The lowest BCUT2D eigenvalue weighted by Gasteiger charge is -2.36. The second kappa shape index (κ2) is 8.10. The third-order valence-corrected chi connectivity index (χ3v) is 6.53. The highest BCUT2D eigenvalue weighted by Crippen LogP contribution is 2.35. The predicted octanol–water partition coefficient (Wildman–Crippen LogP) is 3.37. The Kier molecular flexibility index (Phi) is 5.60. The summed E-state index contributed by atoms with van der Waals surface area (Å²) in [5.41, 5.74) is 1.02. The van der Waals surface area contributed by atoms with Crippen LogP contribution in [0.15, 0.2) is 30.3 Å². The maximum Gasteiger partial charge on any atom is 0.237 e. The van der Waals surface area contributed by atoms with Crippen LogP contribution in [0.1, 0.15) is 63.0 Å². The molecule has 2 saturated carbocycles. The lowest BCUT2D eigenvalue weighted by Crippen LogP contribution is -2.48. The summed E-state index contributed by atoms with van der Waals surface area (Å²) in [6.45, 7) is 2.41. The van der Waals surface area contributed by atoms with Gasteiger partial charge in [-0.3, -0.25) is 9.69 Å². The highest BCUT2D eigenvalue weighted by Gasteiger charge is 2.39. The van der Waals surface area contributed by atoms with Crippen LogP contribution in [-0.2, 0) is 4.79 Å². The summed E-state index contributed by atoms with van der Waals surface area (Å²) in [4.78, 5) is 17.5. The number of nitrogens with zero attached hydrogens (tertiary/aromatic N) is 2. The van der Waals surface area contributed by atoms with Crippen molar-refractivity contribution in [2.45, 2.75) is 69.6 Å². The van der Waals surface area contributed by atoms with Gasteiger partial charge in [0.05, 0.1) is 12.6 Å². The summed E-state index contributed by atoms with van der Waals surface area (Å²) in [5.74, 6) is 0.652. The largest absolute Gasteiger partial charge is 0.388 e. The van der Waals surface area contributed by atoms with E-state index in [0.717, 1.165) is 31.5 Å². The van der Waals surface area contributed by atoms with E-state index in [4.69, 9.17) is 0 Å². The van der Waals surface area contributed by atoms with E-state index in [1.807, 2.05) is 30.3 Å². The van der Waals surface area contributed by atoms with Crippen molar-refractivity contribution in [1.82, 2.24) is 9.80 Å². The van der Waals surface area contributed by atoms with Crippen molar-refractivity contribution in [2.75, 3.05) is 19.6 Å². The fourth-order valence-corrected chi connectivity index (χ4v) is 4.86. The number of benzene rings is 1. The number of aliphatic hydroxyl groups is 1. The van der Waals surface area contributed by atoms with Crippen LogP contribution < -0.4 is 0 Å². The normalized spacial score (nSPS) is 23.9. The third kappa shape index (κ3) is 4.12. The first-order valence-corrected chi connectivity index (χ1v) is 10.5. The van der Waals surface area contributed by atoms with Gasteiger partial charge in [-0.15, -0.1) is 0 Å². The highest BCUT2D eigenvalue weighted by molar-refractivity contribution is 5.79. The molecule has 1 saturated heterocycles. The minimum absolute atomic E-state index is 0.304. The van der Waals surface area contributed by atoms with E-state index < -0.39 is 0 Å². The molecule has 1 heterocycles. The zero-order valence-corrected chi connectivity index (χ0v) is 15.7. The number of aliphatic hydroxyl groups excluding tert-OH is 1. The minimum Gasteiger partial charge on any atom is -0.388 e. The molecular formula is C22H32N2O2. The summed E-state index contributed by atoms with van der Waals surface area (Å²) >= 11 is 0. The maximum absolute atomic E-state index is 13.0. The van der Waals surface area contributed by atoms with E-state index >= 15 is 0 Å². The molecule has 1 aromatic rings. The van der Waals surface area contributed by atoms with Gasteiger partial charge in [-0.25, -0.2) is 0 Å². The second-order valence-electron chi connectivity index (χ2n) is 8.44. The zero-order valence-electron chi connectivity index (χ0n) is 15.7. The van der Waals surface area contributed by atoms with E-state index in [1.165, 1.54) is 38.5 Å². The van der Waals surface area contributed by atoms with Gasteiger partial charge >= 0.3 is 0 Å². The van der Waals surface area contributed by atoms with Crippen LogP contribution in [0.5, 0.6) is 0 Å². The van der Waals surface area contributed by atoms with E-state index in [2.05, 4.69) is 9.80 Å². The molecule has 4 heteroatoms. The SMILES string of the molecule is O=C(CN1CCC(C(O)c2ccccc2)CC1)N(C1CCCC1)C1CC1. The van der Waals surface area contributed by atoms with E-state index in [9.17, 15) is 9.90 Å². The van der Waals surface area contributed by atoms with Crippen molar-refractivity contribution in [3.05, 3.63) is 35.9 Å². The summed E-state index contributed by atoms with van der Waals surface area (Å²) in [7, 11) is 0. The van der Waals surface area contributed by atoms with Gasteiger partial charge in [-0.1, -0.05) is 43.2 Å². The molecule has 142 valence electrons. The van der Waals surface area contributed by atoms with Gasteiger partial charge in [-0.2, -0.15) is 0 Å². The number of likely N-dealkylation sites (tertiary alicyclic amines) is 1. The first-order chi connectivity index (χ1) is 12.7. The van der Waals surface area contributed by atoms with Crippen LogP contribution in [0.2, 0.25) is 0 Å². The van der Waals surface area contributed by atoms with Gasteiger partial charge < -0.3 is 10.0 Å². The Morgan fingerprint density at radius 2 is 1.62 bits per heavy atom. The summed E-state index contributed by atoms with van der Waals surface area (Å²) in [6.07, 6.45) is 8.93.